The number of benzene rings is 1. The monoisotopic (exact) mass is 246 g/mol. The van der Waals surface area contributed by atoms with Crippen LogP contribution in [0.4, 0.5) is 20.2 Å². The fourth-order valence-electron chi connectivity index (χ4n) is 1.09. The lowest BCUT2D eigenvalue weighted by Gasteiger charge is -2.09. The molecule has 1 aromatic carbocycles. The summed E-state index contributed by atoms with van der Waals surface area (Å²) in [6, 6.07) is 3.26. The van der Waals surface area contributed by atoms with Gasteiger partial charge in [0.25, 0.3) is 12.1 Å². The molecule has 1 aromatic rings. The molecular weight excluding hydrogens is 238 g/mol. The van der Waals surface area contributed by atoms with Gasteiger partial charge in [0.15, 0.2) is 0 Å². The third-order valence-electron chi connectivity index (χ3n) is 1.75. The van der Waals surface area contributed by atoms with Crippen LogP contribution in [0, 0.1) is 10.1 Å². The molecule has 0 aliphatic heterocycles. The summed E-state index contributed by atoms with van der Waals surface area (Å²) in [5.41, 5.74) is -0.311. The van der Waals surface area contributed by atoms with Gasteiger partial charge in [0.1, 0.15) is 12.4 Å². The molecule has 0 saturated carbocycles. The lowest BCUT2D eigenvalue weighted by atomic mass is 10.2. The maximum absolute atomic E-state index is 11.9. The topological polar surface area (TPSA) is 81.5 Å². The number of nitro benzene ring substituents is 1. The van der Waals surface area contributed by atoms with Crippen molar-refractivity contribution in [1.82, 2.24) is 0 Å². The highest BCUT2D eigenvalue weighted by molar-refractivity contribution is 5.76. The number of nitrogens with zero attached hydrogens (tertiary/aromatic N) is 1. The molecule has 0 saturated heterocycles. The first-order valence-corrected chi connectivity index (χ1v) is 4.44. The molecule has 0 aliphatic rings. The van der Waals surface area contributed by atoms with E-state index >= 15 is 0 Å². The van der Waals surface area contributed by atoms with Gasteiger partial charge in [0.05, 0.1) is 10.6 Å². The Bertz CT molecular complexity index is 425. The van der Waals surface area contributed by atoms with E-state index in [-0.39, 0.29) is 23.5 Å². The number of alkyl halides is 2. The first-order valence-electron chi connectivity index (χ1n) is 4.44. The molecule has 0 aromatic heterocycles. The maximum atomic E-state index is 11.9. The number of carbonyl (C=O) groups excluding carboxylic acids is 1. The van der Waals surface area contributed by atoms with Gasteiger partial charge >= 0.3 is 0 Å². The number of ether oxygens (including phenoxy) is 1. The normalized spacial score (nSPS) is 10.1. The van der Waals surface area contributed by atoms with Crippen molar-refractivity contribution in [2.24, 2.45) is 0 Å². The van der Waals surface area contributed by atoms with Crippen LogP contribution < -0.4 is 10.1 Å². The summed E-state index contributed by atoms with van der Waals surface area (Å²) in [5, 5.41) is 12.6. The van der Waals surface area contributed by atoms with E-state index in [2.05, 4.69) is 5.32 Å². The van der Waals surface area contributed by atoms with Crippen LogP contribution in [-0.2, 0) is 4.79 Å². The number of nitro groups is 1. The Morgan fingerprint density at radius 2 is 2.24 bits per heavy atom. The van der Waals surface area contributed by atoms with Gasteiger partial charge in [-0.05, 0) is 6.07 Å². The van der Waals surface area contributed by atoms with Gasteiger partial charge in [-0.2, -0.15) is 0 Å². The van der Waals surface area contributed by atoms with E-state index in [0.29, 0.717) is 0 Å². The van der Waals surface area contributed by atoms with E-state index in [1.165, 1.54) is 0 Å². The van der Waals surface area contributed by atoms with Crippen molar-refractivity contribution < 1.29 is 23.2 Å². The van der Waals surface area contributed by atoms with Crippen LogP contribution >= 0.6 is 0 Å². The molecule has 1 rings (SSSR count). The molecule has 0 bridgehead atoms. The van der Waals surface area contributed by atoms with Crippen molar-refractivity contribution in [3.63, 3.8) is 0 Å². The molecule has 0 radical (unpaired) electrons. The molecule has 0 aliphatic carbocycles. The van der Waals surface area contributed by atoms with E-state index in [1.807, 2.05) is 0 Å². The fraction of sp³-hybridized carbons (Fsp3) is 0.222. The standard InChI is InChI=1S/C9H8F2N2O4/c10-9(11)4-17-8-2-1-6(13(15)16)3-7(8)12-5-14/h1-3,5,9H,4H2,(H,12,14). The summed E-state index contributed by atoms with van der Waals surface area (Å²) in [4.78, 5) is 20.1. The lowest BCUT2D eigenvalue weighted by Crippen LogP contribution is -2.09. The Kier molecular flexibility index (Phi) is 4.32. The van der Waals surface area contributed by atoms with Gasteiger partial charge < -0.3 is 10.1 Å². The number of halogens is 2. The number of hydrogen-bond donors (Lipinski definition) is 1. The molecule has 1 N–H and O–H groups in total. The molecule has 8 heteroatoms. The van der Waals surface area contributed by atoms with Crippen LogP contribution in [-0.4, -0.2) is 24.4 Å². The smallest absolute Gasteiger partial charge is 0.272 e. The highest BCUT2D eigenvalue weighted by Gasteiger charge is 2.13. The van der Waals surface area contributed by atoms with Crippen molar-refractivity contribution in [1.29, 1.82) is 0 Å². The largest absolute Gasteiger partial charge is 0.485 e. The fourth-order valence-corrected chi connectivity index (χ4v) is 1.09. The third-order valence-corrected chi connectivity index (χ3v) is 1.75. The Morgan fingerprint density at radius 3 is 2.76 bits per heavy atom. The summed E-state index contributed by atoms with van der Waals surface area (Å²) in [5.74, 6) is -0.0528. The molecule has 0 unspecified atom stereocenters. The number of amides is 1. The lowest BCUT2D eigenvalue weighted by molar-refractivity contribution is -0.384. The van der Waals surface area contributed by atoms with Crippen LogP contribution in [0.15, 0.2) is 18.2 Å². The number of anilines is 1. The number of hydrogen-bond acceptors (Lipinski definition) is 4. The van der Waals surface area contributed by atoms with E-state index in [4.69, 9.17) is 4.74 Å². The van der Waals surface area contributed by atoms with Crippen molar-refractivity contribution >= 4 is 17.8 Å². The molecule has 1 amide bonds. The quantitative estimate of drug-likeness (QED) is 0.471. The Hall–Kier alpha value is -2.25. The van der Waals surface area contributed by atoms with Crippen molar-refractivity contribution in [3.8, 4) is 5.75 Å². The summed E-state index contributed by atoms with van der Waals surface area (Å²) >= 11 is 0. The molecule has 0 fully saturated rings. The number of non-ortho nitro benzene ring substituents is 1. The minimum atomic E-state index is -2.67. The Labute approximate surface area is 94.3 Å². The minimum absolute atomic E-state index is 0.0325. The Morgan fingerprint density at radius 1 is 1.53 bits per heavy atom. The van der Waals surface area contributed by atoms with Gasteiger partial charge in [-0.15, -0.1) is 0 Å². The SMILES string of the molecule is O=CNc1cc([N+](=O)[O-])ccc1OCC(F)F. The second kappa shape index (κ2) is 5.73. The van der Waals surface area contributed by atoms with E-state index in [1.54, 1.807) is 0 Å². The highest BCUT2D eigenvalue weighted by atomic mass is 19.3. The zero-order valence-electron chi connectivity index (χ0n) is 8.43. The van der Waals surface area contributed by atoms with E-state index < -0.39 is 18.0 Å². The number of nitrogens with one attached hydrogen (secondary N) is 1. The number of rotatable bonds is 6. The number of carbonyl (C=O) groups is 1. The van der Waals surface area contributed by atoms with Crippen LogP contribution in [0.3, 0.4) is 0 Å². The maximum Gasteiger partial charge on any atom is 0.272 e. The second-order valence-electron chi connectivity index (χ2n) is 2.90. The average Bonchev–Trinajstić information content (AvgIpc) is 2.27. The van der Waals surface area contributed by atoms with Crippen molar-refractivity contribution in [3.05, 3.63) is 28.3 Å². The van der Waals surface area contributed by atoms with Crippen molar-refractivity contribution in [2.45, 2.75) is 6.43 Å². The van der Waals surface area contributed by atoms with Gasteiger partial charge in [-0.3, -0.25) is 14.9 Å². The first kappa shape index (κ1) is 12.8. The van der Waals surface area contributed by atoms with Gasteiger partial charge in [0.2, 0.25) is 6.41 Å². The van der Waals surface area contributed by atoms with E-state index in [9.17, 15) is 23.7 Å². The van der Waals surface area contributed by atoms with Crippen LogP contribution in [0.1, 0.15) is 0 Å². The van der Waals surface area contributed by atoms with Crippen LogP contribution in [0.5, 0.6) is 5.75 Å². The average molecular weight is 246 g/mol. The summed E-state index contributed by atoms with van der Waals surface area (Å²) in [6.07, 6.45) is -2.40. The molecular formula is C9H8F2N2O4. The highest BCUT2D eigenvalue weighted by Crippen LogP contribution is 2.28. The summed E-state index contributed by atoms with van der Waals surface area (Å²) in [7, 11) is 0. The Balaban J connectivity index is 2.95. The predicted octanol–water partition coefficient (Wildman–Crippen LogP) is 1.81. The minimum Gasteiger partial charge on any atom is -0.485 e. The molecule has 0 atom stereocenters. The molecule has 17 heavy (non-hydrogen) atoms. The molecule has 0 spiro atoms. The predicted molar refractivity (Wildman–Crippen MR) is 54.3 cm³/mol. The zero-order valence-corrected chi connectivity index (χ0v) is 8.43. The van der Waals surface area contributed by atoms with Gasteiger partial charge in [0, 0.05) is 12.1 Å². The molecule has 92 valence electrons. The van der Waals surface area contributed by atoms with Crippen molar-refractivity contribution in [2.75, 3.05) is 11.9 Å². The zero-order chi connectivity index (χ0) is 12.8. The molecule has 0 heterocycles. The summed E-state index contributed by atoms with van der Waals surface area (Å²) < 4.78 is 28.5. The third kappa shape index (κ3) is 3.67. The van der Waals surface area contributed by atoms with Crippen LogP contribution in [0.2, 0.25) is 0 Å². The van der Waals surface area contributed by atoms with Gasteiger partial charge in [-0.25, -0.2) is 8.78 Å². The summed E-state index contributed by atoms with van der Waals surface area (Å²) in [6.45, 7) is -0.856. The van der Waals surface area contributed by atoms with Gasteiger partial charge in [-0.1, -0.05) is 0 Å². The molecule has 6 nitrogen and oxygen atoms in total. The van der Waals surface area contributed by atoms with Crippen LogP contribution in [0.25, 0.3) is 0 Å². The van der Waals surface area contributed by atoms with E-state index in [0.717, 1.165) is 18.2 Å². The second-order valence-corrected chi connectivity index (χ2v) is 2.90. The first-order chi connectivity index (χ1) is 8.04.